The van der Waals surface area contributed by atoms with Crippen LogP contribution >= 0.6 is 0 Å². The van der Waals surface area contributed by atoms with Crippen LogP contribution < -0.4 is 8.92 Å². The SMILES string of the molecule is CC([Se]c1ccccc1)([Se]c1ccccc1)C1C=CC=C1. The van der Waals surface area contributed by atoms with Gasteiger partial charge in [0.25, 0.3) is 0 Å². The Morgan fingerprint density at radius 1 is 0.714 bits per heavy atom. The van der Waals surface area contributed by atoms with Crippen LogP contribution in [0, 0.1) is 5.92 Å². The minimum atomic E-state index is 0.339. The summed E-state index contributed by atoms with van der Waals surface area (Å²) in [5, 5.41) is 0. The maximum absolute atomic E-state index is 2.47. The molecule has 0 nitrogen and oxygen atoms in total. The number of hydrogen-bond donors (Lipinski definition) is 0. The molecule has 0 atom stereocenters. The summed E-state index contributed by atoms with van der Waals surface area (Å²) in [7, 11) is 0. The monoisotopic (exact) mass is 406 g/mol. The topological polar surface area (TPSA) is 0 Å². The van der Waals surface area contributed by atoms with Gasteiger partial charge < -0.3 is 0 Å². The zero-order valence-corrected chi connectivity index (χ0v) is 15.4. The van der Waals surface area contributed by atoms with Gasteiger partial charge in [-0.1, -0.05) is 0 Å². The van der Waals surface area contributed by atoms with Crippen LogP contribution in [0.4, 0.5) is 0 Å². The first-order chi connectivity index (χ1) is 10.3. The third-order valence-corrected chi connectivity index (χ3v) is 10.3. The van der Waals surface area contributed by atoms with E-state index >= 15 is 0 Å². The van der Waals surface area contributed by atoms with E-state index < -0.39 is 0 Å². The van der Waals surface area contributed by atoms with Gasteiger partial charge in [0.1, 0.15) is 0 Å². The van der Waals surface area contributed by atoms with Crippen LogP contribution in [0.5, 0.6) is 0 Å². The van der Waals surface area contributed by atoms with Crippen molar-refractivity contribution in [1.29, 1.82) is 0 Å². The third-order valence-electron chi connectivity index (χ3n) is 3.48. The predicted molar refractivity (Wildman–Crippen MR) is 93.8 cm³/mol. The van der Waals surface area contributed by atoms with Crippen molar-refractivity contribution >= 4 is 38.8 Å². The second-order valence-corrected chi connectivity index (χ2v) is 12.8. The van der Waals surface area contributed by atoms with Crippen molar-refractivity contribution in [3.63, 3.8) is 0 Å². The summed E-state index contributed by atoms with van der Waals surface area (Å²) in [5.74, 6) is 0.568. The molecule has 0 fully saturated rings. The maximum atomic E-state index is 2.47. The molecule has 21 heavy (non-hydrogen) atoms. The van der Waals surface area contributed by atoms with Gasteiger partial charge >= 0.3 is 140 Å². The first kappa shape index (κ1) is 14.9. The van der Waals surface area contributed by atoms with Crippen LogP contribution in [-0.2, 0) is 0 Å². The molecule has 106 valence electrons. The summed E-state index contributed by atoms with van der Waals surface area (Å²) in [6, 6.07) is 22.0. The minimum absolute atomic E-state index is 0.339. The number of benzene rings is 2. The number of hydrogen-bond acceptors (Lipinski definition) is 0. The van der Waals surface area contributed by atoms with Gasteiger partial charge in [0.2, 0.25) is 0 Å². The molecule has 0 amide bonds. The number of rotatable bonds is 5. The van der Waals surface area contributed by atoms with Crippen molar-refractivity contribution in [1.82, 2.24) is 0 Å². The molecule has 1 aliphatic carbocycles. The molecule has 1 aliphatic rings. The zero-order valence-electron chi connectivity index (χ0n) is 12.0. The van der Waals surface area contributed by atoms with Gasteiger partial charge in [-0.15, -0.1) is 0 Å². The first-order valence-corrected chi connectivity index (χ1v) is 10.5. The molecule has 0 N–H and O–H groups in total. The number of allylic oxidation sites excluding steroid dienone is 4. The Kier molecular flexibility index (Phi) is 4.83. The van der Waals surface area contributed by atoms with Crippen LogP contribution in [0.25, 0.3) is 0 Å². The van der Waals surface area contributed by atoms with E-state index in [1.165, 1.54) is 8.92 Å². The Balaban J connectivity index is 1.87. The predicted octanol–water partition coefficient (Wildman–Crippen LogP) is 2.92. The van der Waals surface area contributed by atoms with Crippen molar-refractivity contribution in [2.24, 2.45) is 5.92 Å². The molecule has 0 heterocycles. The summed E-state index contributed by atoms with van der Waals surface area (Å²) in [4.78, 5) is 0. The van der Waals surface area contributed by atoms with Gasteiger partial charge in [0, 0.05) is 0 Å². The molecule has 3 rings (SSSR count). The molecule has 2 aromatic rings. The Morgan fingerprint density at radius 2 is 1.14 bits per heavy atom. The van der Waals surface area contributed by atoms with Gasteiger partial charge in [-0.25, -0.2) is 0 Å². The molecular weight excluding hydrogens is 386 g/mol. The summed E-state index contributed by atoms with van der Waals surface area (Å²) >= 11 is 0.932. The molecule has 0 spiro atoms. The fourth-order valence-corrected chi connectivity index (χ4v) is 9.45. The van der Waals surface area contributed by atoms with Crippen molar-refractivity contribution in [3.8, 4) is 0 Å². The Labute approximate surface area is 139 Å². The Hall–Kier alpha value is -1.04. The van der Waals surface area contributed by atoms with Gasteiger partial charge in [-0.2, -0.15) is 0 Å². The van der Waals surface area contributed by atoms with E-state index in [-0.39, 0.29) is 0 Å². The molecule has 0 aromatic heterocycles. The quantitative estimate of drug-likeness (QED) is 0.673. The Bertz CT molecular complexity index is 576. The van der Waals surface area contributed by atoms with E-state index in [2.05, 4.69) is 91.9 Å². The average Bonchev–Trinajstić information content (AvgIpc) is 3.04. The average molecular weight is 404 g/mol. The fourth-order valence-electron chi connectivity index (χ4n) is 2.38. The molecule has 0 saturated heterocycles. The summed E-state index contributed by atoms with van der Waals surface area (Å²) in [6.45, 7) is 2.47. The van der Waals surface area contributed by atoms with Crippen LogP contribution in [0.15, 0.2) is 85.0 Å². The van der Waals surface area contributed by atoms with E-state index in [1.807, 2.05) is 0 Å². The molecule has 2 aromatic carbocycles. The van der Waals surface area contributed by atoms with Crippen LogP contribution in [0.2, 0.25) is 3.21 Å². The standard InChI is InChI=1S/C19H18Se2/c1-19(16-10-8-9-11-16,20-17-12-4-2-5-13-17)21-18-14-6-3-7-15-18/h2-16H,1H3. The first-order valence-electron chi connectivity index (χ1n) is 7.09. The summed E-state index contributed by atoms with van der Waals surface area (Å²) in [6.07, 6.45) is 9.14. The molecule has 0 radical (unpaired) electrons. The molecule has 2 heteroatoms. The molecule has 0 aliphatic heterocycles. The molecule has 0 bridgehead atoms. The van der Waals surface area contributed by atoms with Gasteiger partial charge in [-0.05, 0) is 0 Å². The zero-order chi connectivity index (χ0) is 14.5. The van der Waals surface area contributed by atoms with E-state index in [0.717, 1.165) is 0 Å². The summed E-state index contributed by atoms with van der Waals surface area (Å²) in [5.41, 5.74) is 0. The fraction of sp³-hybridized carbons (Fsp3) is 0.158. The van der Waals surface area contributed by atoms with E-state index in [9.17, 15) is 0 Å². The van der Waals surface area contributed by atoms with Crippen LogP contribution in [0.3, 0.4) is 0 Å². The normalized spacial score (nSPS) is 14.7. The Morgan fingerprint density at radius 3 is 1.57 bits per heavy atom. The van der Waals surface area contributed by atoms with Crippen molar-refractivity contribution in [2.45, 2.75) is 10.1 Å². The van der Waals surface area contributed by atoms with Crippen LogP contribution in [-0.4, -0.2) is 29.9 Å². The second kappa shape index (κ2) is 6.81. The second-order valence-electron chi connectivity index (χ2n) is 5.14. The van der Waals surface area contributed by atoms with Crippen molar-refractivity contribution in [3.05, 3.63) is 85.0 Å². The van der Waals surface area contributed by atoms with E-state index in [0.29, 0.717) is 39.0 Å². The van der Waals surface area contributed by atoms with E-state index in [1.54, 1.807) is 0 Å². The van der Waals surface area contributed by atoms with E-state index in [4.69, 9.17) is 0 Å². The molecule has 0 unspecified atom stereocenters. The molecule has 0 saturated carbocycles. The van der Waals surface area contributed by atoms with Gasteiger partial charge in [0.15, 0.2) is 0 Å². The molecular formula is C19H18Se2. The van der Waals surface area contributed by atoms with Gasteiger partial charge in [-0.3, -0.25) is 0 Å². The third kappa shape index (κ3) is 3.78. The summed E-state index contributed by atoms with van der Waals surface area (Å²) < 4.78 is 3.34. The van der Waals surface area contributed by atoms with Gasteiger partial charge in [0.05, 0.1) is 0 Å². The van der Waals surface area contributed by atoms with Crippen molar-refractivity contribution in [2.75, 3.05) is 0 Å². The van der Waals surface area contributed by atoms with Crippen LogP contribution in [0.1, 0.15) is 6.92 Å². The van der Waals surface area contributed by atoms with Crippen molar-refractivity contribution < 1.29 is 0 Å².